The highest BCUT2D eigenvalue weighted by Gasteiger charge is 2.32. The van der Waals surface area contributed by atoms with Crippen molar-refractivity contribution in [2.75, 3.05) is 46.3 Å². The first kappa shape index (κ1) is 21.9. The highest BCUT2D eigenvalue weighted by molar-refractivity contribution is 7.11. The number of likely N-dealkylation sites (tertiary alicyclic amines) is 1. The molecule has 2 rings (SSSR count). The third-order valence-electron chi connectivity index (χ3n) is 4.80. The lowest BCUT2D eigenvalue weighted by Gasteiger charge is -2.26. The average Bonchev–Trinajstić information content (AvgIpc) is 3.16. The van der Waals surface area contributed by atoms with Gasteiger partial charge in [-0.05, 0) is 32.7 Å². The molecule has 1 saturated heterocycles. The number of aryl methyl sites for hydroxylation is 2. The van der Waals surface area contributed by atoms with Crippen molar-refractivity contribution < 1.29 is 13.2 Å². The fourth-order valence-corrected chi connectivity index (χ4v) is 4.46. The minimum Gasteiger partial charge on any atom is -0.356 e. The molecule has 0 bridgehead atoms. The number of hydrogen-bond acceptors (Lipinski definition) is 4. The van der Waals surface area contributed by atoms with Crippen LogP contribution in [0.4, 0.5) is 13.2 Å². The summed E-state index contributed by atoms with van der Waals surface area (Å²) in [5, 5.41) is 4.46. The van der Waals surface area contributed by atoms with Gasteiger partial charge < -0.3 is 10.2 Å². The predicted octanol–water partition coefficient (Wildman–Crippen LogP) is 3.08. The van der Waals surface area contributed by atoms with Gasteiger partial charge in [0.2, 0.25) is 0 Å². The van der Waals surface area contributed by atoms with E-state index in [1.807, 2.05) is 13.8 Å². The first-order valence-electron chi connectivity index (χ1n) is 9.39. The second-order valence-corrected chi connectivity index (χ2v) is 8.30. The highest BCUT2D eigenvalue weighted by Crippen LogP contribution is 2.21. The first-order chi connectivity index (χ1) is 12.7. The molecule has 154 valence electrons. The molecule has 1 aromatic heterocycles. The van der Waals surface area contributed by atoms with Crippen LogP contribution in [-0.4, -0.2) is 73.2 Å². The molecule has 1 N–H and O–H groups in total. The fraction of sp³-hybridized carbons (Fsp3) is 0.778. The number of aliphatic imine (C=N–C) groups is 1. The van der Waals surface area contributed by atoms with Gasteiger partial charge in [-0.25, -0.2) is 4.98 Å². The first-order valence-corrected chi connectivity index (χ1v) is 10.2. The summed E-state index contributed by atoms with van der Waals surface area (Å²) < 4.78 is 38.0. The lowest BCUT2D eigenvalue weighted by molar-refractivity contribution is -0.146. The van der Waals surface area contributed by atoms with E-state index in [1.165, 1.54) is 9.78 Å². The molecule has 0 amide bonds. The monoisotopic (exact) mass is 405 g/mol. The zero-order chi connectivity index (χ0) is 20.0. The maximum Gasteiger partial charge on any atom is 0.401 e. The normalized spacial score (nSPS) is 18.6. The topological polar surface area (TPSA) is 43.8 Å². The lowest BCUT2D eigenvalue weighted by Crippen LogP contribution is -2.42. The molecule has 1 atom stereocenters. The minimum atomic E-state index is -4.14. The maximum absolute atomic E-state index is 12.7. The number of hydrogen-bond donors (Lipinski definition) is 1. The third kappa shape index (κ3) is 6.95. The van der Waals surface area contributed by atoms with E-state index in [2.05, 4.69) is 20.2 Å². The zero-order valence-corrected chi connectivity index (χ0v) is 17.4. The van der Waals surface area contributed by atoms with Crippen LogP contribution in [0.2, 0.25) is 0 Å². The lowest BCUT2D eigenvalue weighted by atomic mass is 10.1. The Morgan fingerprint density at radius 1 is 1.41 bits per heavy atom. The summed E-state index contributed by atoms with van der Waals surface area (Å²) >= 11 is 1.72. The average molecular weight is 406 g/mol. The third-order valence-corrected chi connectivity index (χ3v) is 5.93. The molecular weight excluding hydrogens is 375 g/mol. The van der Waals surface area contributed by atoms with E-state index in [9.17, 15) is 13.2 Å². The van der Waals surface area contributed by atoms with E-state index in [4.69, 9.17) is 0 Å². The number of aromatic nitrogens is 1. The Morgan fingerprint density at radius 2 is 2.15 bits per heavy atom. The Hall–Kier alpha value is -1.35. The molecule has 0 radical (unpaired) electrons. The van der Waals surface area contributed by atoms with Crippen molar-refractivity contribution in [2.24, 2.45) is 10.9 Å². The molecule has 1 aliphatic rings. The second kappa shape index (κ2) is 9.73. The van der Waals surface area contributed by atoms with Crippen molar-refractivity contribution in [3.05, 3.63) is 15.6 Å². The van der Waals surface area contributed by atoms with Crippen LogP contribution in [0.5, 0.6) is 0 Å². The summed E-state index contributed by atoms with van der Waals surface area (Å²) in [7, 11) is 1.75. The van der Waals surface area contributed by atoms with Gasteiger partial charge in [0.1, 0.15) is 0 Å². The van der Waals surface area contributed by atoms with Crippen LogP contribution in [0.1, 0.15) is 28.9 Å². The number of nitrogens with one attached hydrogen (secondary N) is 1. The van der Waals surface area contributed by atoms with Crippen LogP contribution in [0.25, 0.3) is 0 Å². The molecule has 1 unspecified atom stereocenters. The Kier molecular flexibility index (Phi) is 7.91. The largest absolute Gasteiger partial charge is 0.401 e. The number of halogens is 3. The van der Waals surface area contributed by atoms with Crippen molar-refractivity contribution in [1.82, 2.24) is 20.1 Å². The number of guanidine groups is 1. The molecule has 9 heteroatoms. The van der Waals surface area contributed by atoms with E-state index in [1.54, 1.807) is 25.3 Å². The van der Waals surface area contributed by atoms with Crippen LogP contribution in [0, 0.1) is 19.8 Å². The Morgan fingerprint density at radius 3 is 2.70 bits per heavy atom. The van der Waals surface area contributed by atoms with Crippen LogP contribution < -0.4 is 5.32 Å². The van der Waals surface area contributed by atoms with Gasteiger partial charge in [-0.2, -0.15) is 13.2 Å². The molecule has 1 aromatic rings. The predicted molar refractivity (Wildman–Crippen MR) is 105 cm³/mol. The fourth-order valence-electron chi connectivity index (χ4n) is 3.52. The van der Waals surface area contributed by atoms with Crippen molar-refractivity contribution in [1.29, 1.82) is 0 Å². The molecule has 0 aromatic carbocycles. The number of nitrogens with zero attached hydrogens (tertiary/aromatic N) is 4. The van der Waals surface area contributed by atoms with Crippen molar-refractivity contribution in [2.45, 2.75) is 39.8 Å². The Bertz CT molecular complexity index is 629. The number of rotatable bonds is 7. The zero-order valence-electron chi connectivity index (χ0n) is 16.6. The van der Waals surface area contributed by atoms with Gasteiger partial charge in [-0.3, -0.25) is 9.89 Å². The van der Waals surface area contributed by atoms with E-state index in [0.717, 1.165) is 49.1 Å². The van der Waals surface area contributed by atoms with Crippen LogP contribution >= 0.6 is 11.3 Å². The van der Waals surface area contributed by atoms with Crippen molar-refractivity contribution in [3.63, 3.8) is 0 Å². The summed E-state index contributed by atoms with van der Waals surface area (Å²) in [5.74, 6) is 1.06. The molecule has 1 fully saturated rings. The van der Waals surface area contributed by atoms with Gasteiger partial charge in [0, 0.05) is 44.5 Å². The van der Waals surface area contributed by atoms with E-state index >= 15 is 0 Å². The SMILES string of the molecule is CCN(CC1CCN(C(=NC)NCCc2sc(C)nc2C)C1)CC(F)(F)F. The number of thiazole rings is 1. The Labute approximate surface area is 163 Å². The summed E-state index contributed by atoms with van der Waals surface area (Å²) in [5.41, 5.74) is 1.08. The van der Waals surface area contributed by atoms with Gasteiger partial charge in [0.25, 0.3) is 0 Å². The van der Waals surface area contributed by atoms with Crippen LogP contribution in [0.3, 0.4) is 0 Å². The highest BCUT2D eigenvalue weighted by atomic mass is 32.1. The molecule has 0 spiro atoms. The molecule has 5 nitrogen and oxygen atoms in total. The minimum absolute atomic E-state index is 0.234. The summed E-state index contributed by atoms with van der Waals surface area (Å²) in [6.45, 7) is 8.21. The number of alkyl halides is 3. The van der Waals surface area contributed by atoms with Crippen LogP contribution in [-0.2, 0) is 6.42 Å². The van der Waals surface area contributed by atoms with Gasteiger partial charge in [0.15, 0.2) is 5.96 Å². The Balaban J connectivity index is 1.80. The van der Waals surface area contributed by atoms with Gasteiger partial charge >= 0.3 is 6.18 Å². The van der Waals surface area contributed by atoms with Gasteiger partial charge in [-0.1, -0.05) is 6.92 Å². The van der Waals surface area contributed by atoms with Gasteiger partial charge in [-0.15, -0.1) is 11.3 Å². The van der Waals surface area contributed by atoms with Gasteiger partial charge in [0.05, 0.1) is 17.2 Å². The van der Waals surface area contributed by atoms with E-state index < -0.39 is 12.7 Å². The molecule has 0 aliphatic carbocycles. The van der Waals surface area contributed by atoms with Crippen LogP contribution in [0.15, 0.2) is 4.99 Å². The maximum atomic E-state index is 12.7. The smallest absolute Gasteiger partial charge is 0.356 e. The molecule has 27 heavy (non-hydrogen) atoms. The summed E-state index contributed by atoms with van der Waals surface area (Å²) in [4.78, 5) is 13.7. The molecule has 2 heterocycles. The molecular formula is C18H30F3N5S. The van der Waals surface area contributed by atoms with E-state index in [-0.39, 0.29) is 5.92 Å². The van der Waals surface area contributed by atoms with E-state index in [0.29, 0.717) is 13.1 Å². The van der Waals surface area contributed by atoms with Crippen molar-refractivity contribution in [3.8, 4) is 0 Å². The van der Waals surface area contributed by atoms with Crippen molar-refractivity contribution >= 4 is 17.3 Å². The molecule has 1 aliphatic heterocycles. The second-order valence-electron chi connectivity index (χ2n) is 7.01. The molecule has 0 saturated carbocycles. The quantitative estimate of drug-likeness (QED) is 0.559. The summed E-state index contributed by atoms with van der Waals surface area (Å²) in [6, 6.07) is 0. The summed E-state index contributed by atoms with van der Waals surface area (Å²) in [6.07, 6.45) is -2.36. The standard InChI is InChI=1S/C18H30F3N5S/c1-5-25(12-18(19,20)21)10-15-7-9-26(11-15)17(22-4)23-8-6-16-13(2)24-14(3)27-16/h15H,5-12H2,1-4H3,(H,22,23).